The fourth-order valence-electron chi connectivity index (χ4n) is 1.51. The zero-order valence-corrected chi connectivity index (χ0v) is 16.7. The van der Waals surface area contributed by atoms with Crippen LogP contribution in [0.4, 0.5) is 11.6 Å². The highest BCUT2D eigenvalue weighted by molar-refractivity contribution is 9.14. The molecular formula is C11H10Br3N5O2S. The van der Waals surface area contributed by atoms with E-state index in [1.165, 1.54) is 18.9 Å². The molecule has 1 aromatic carbocycles. The molecule has 4 N–H and O–H groups in total. The molecule has 0 fully saturated rings. The summed E-state index contributed by atoms with van der Waals surface area (Å²) in [4.78, 5) is 16.0. The Balaban J connectivity index is 2.08. The van der Waals surface area contributed by atoms with Crippen LogP contribution in [0.25, 0.3) is 0 Å². The molecule has 118 valence electrons. The fraction of sp³-hybridized carbons (Fsp3) is 0.182. The Hall–Kier alpha value is -0.780. The maximum absolute atomic E-state index is 12.0. The predicted molar refractivity (Wildman–Crippen MR) is 96.2 cm³/mol. The van der Waals surface area contributed by atoms with E-state index < -0.39 is 0 Å². The second-order valence-electron chi connectivity index (χ2n) is 3.91. The molecule has 0 atom stereocenters. The molecule has 11 heteroatoms. The lowest BCUT2D eigenvalue weighted by molar-refractivity contribution is -0.113. The number of methoxy groups -OCH3 is 1. The van der Waals surface area contributed by atoms with E-state index in [4.69, 9.17) is 10.5 Å². The van der Waals surface area contributed by atoms with Gasteiger partial charge in [0, 0.05) is 8.95 Å². The van der Waals surface area contributed by atoms with Crippen molar-refractivity contribution >= 4 is 77.1 Å². The van der Waals surface area contributed by atoms with Crippen molar-refractivity contribution in [3.05, 3.63) is 19.5 Å². The number of hydrogen-bond acceptors (Lipinski definition) is 6. The number of aromatic nitrogens is 3. The van der Waals surface area contributed by atoms with Gasteiger partial charge in [0.05, 0.1) is 23.0 Å². The molecule has 0 saturated carbocycles. The number of nitrogens with zero attached hydrogens (tertiary/aromatic N) is 2. The van der Waals surface area contributed by atoms with Crippen molar-refractivity contribution in [3.8, 4) is 5.75 Å². The normalized spacial score (nSPS) is 10.5. The summed E-state index contributed by atoms with van der Waals surface area (Å²) in [5.74, 6) is 0.667. The summed E-state index contributed by atoms with van der Waals surface area (Å²) in [6.45, 7) is 0. The predicted octanol–water partition coefficient (Wildman–Crippen LogP) is 3.41. The van der Waals surface area contributed by atoms with Gasteiger partial charge in [-0.05, 0) is 53.9 Å². The van der Waals surface area contributed by atoms with Crippen LogP contribution in [0.2, 0.25) is 0 Å². The molecule has 22 heavy (non-hydrogen) atoms. The topological polar surface area (TPSA) is 106 Å². The summed E-state index contributed by atoms with van der Waals surface area (Å²) < 4.78 is 7.60. The number of thioether (sulfide) groups is 1. The Kier molecular flexibility index (Phi) is 6.12. The Morgan fingerprint density at radius 3 is 2.77 bits per heavy atom. The molecule has 0 unspecified atom stereocenters. The van der Waals surface area contributed by atoms with Crippen molar-refractivity contribution in [1.29, 1.82) is 0 Å². The van der Waals surface area contributed by atoms with Gasteiger partial charge in [-0.2, -0.15) is 4.98 Å². The van der Waals surface area contributed by atoms with E-state index in [0.717, 1.165) is 8.95 Å². The monoisotopic (exact) mass is 513 g/mol. The zero-order chi connectivity index (χ0) is 16.3. The van der Waals surface area contributed by atoms with Crippen LogP contribution in [0.5, 0.6) is 5.75 Å². The van der Waals surface area contributed by atoms with E-state index in [-0.39, 0.29) is 17.6 Å². The van der Waals surface area contributed by atoms with Gasteiger partial charge in [0.25, 0.3) is 0 Å². The number of nitrogen functional groups attached to an aromatic ring is 1. The zero-order valence-electron chi connectivity index (χ0n) is 11.1. The summed E-state index contributed by atoms with van der Waals surface area (Å²) in [6.07, 6.45) is 0. The number of benzene rings is 1. The summed E-state index contributed by atoms with van der Waals surface area (Å²) in [5, 5.41) is 9.55. The molecule has 7 nitrogen and oxygen atoms in total. The smallest absolute Gasteiger partial charge is 0.234 e. The third-order valence-corrected chi connectivity index (χ3v) is 6.53. The molecule has 0 aliphatic rings. The van der Waals surface area contributed by atoms with Crippen LogP contribution >= 0.6 is 59.6 Å². The lowest BCUT2D eigenvalue weighted by Crippen LogP contribution is -2.15. The van der Waals surface area contributed by atoms with Crippen molar-refractivity contribution in [1.82, 2.24) is 15.2 Å². The van der Waals surface area contributed by atoms with E-state index in [2.05, 4.69) is 68.3 Å². The Labute approximate surface area is 155 Å². The third-order valence-electron chi connectivity index (χ3n) is 2.41. The van der Waals surface area contributed by atoms with Gasteiger partial charge in [0.2, 0.25) is 17.0 Å². The van der Waals surface area contributed by atoms with E-state index in [1.807, 2.05) is 0 Å². The summed E-state index contributed by atoms with van der Waals surface area (Å²) in [6, 6.07) is 1.75. The van der Waals surface area contributed by atoms with Crippen LogP contribution < -0.4 is 15.8 Å². The Morgan fingerprint density at radius 1 is 1.45 bits per heavy atom. The van der Waals surface area contributed by atoms with Crippen LogP contribution in [-0.4, -0.2) is 34.0 Å². The molecule has 1 aromatic heterocycles. The first-order valence-electron chi connectivity index (χ1n) is 5.74. The Bertz CT molecular complexity index is 709. The third kappa shape index (κ3) is 4.15. The molecular weight excluding hydrogens is 506 g/mol. The molecule has 2 aromatic rings. The van der Waals surface area contributed by atoms with Gasteiger partial charge in [0.1, 0.15) is 0 Å². The summed E-state index contributed by atoms with van der Waals surface area (Å²) in [7, 11) is 1.53. The Morgan fingerprint density at radius 2 is 2.18 bits per heavy atom. The number of carbonyl (C=O) groups excluding carboxylic acids is 1. The highest BCUT2D eigenvalue weighted by Crippen LogP contribution is 2.43. The summed E-state index contributed by atoms with van der Waals surface area (Å²) >= 11 is 11.4. The maximum Gasteiger partial charge on any atom is 0.234 e. The molecule has 0 radical (unpaired) electrons. The molecule has 0 aliphatic carbocycles. The first-order valence-corrected chi connectivity index (χ1v) is 9.10. The van der Waals surface area contributed by atoms with Crippen LogP contribution in [0.15, 0.2) is 24.6 Å². The lowest BCUT2D eigenvalue weighted by Gasteiger charge is -2.14. The molecule has 0 aliphatic heterocycles. The van der Waals surface area contributed by atoms with Crippen molar-refractivity contribution in [2.45, 2.75) is 5.16 Å². The van der Waals surface area contributed by atoms with Crippen molar-refractivity contribution in [2.75, 3.05) is 23.9 Å². The second-order valence-corrected chi connectivity index (χ2v) is 7.29. The van der Waals surface area contributed by atoms with Gasteiger partial charge in [-0.1, -0.05) is 11.8 Å². The quantitative estimate of drug-likeness (QED) is 0.416. The second kappa shape index (κ2) is 7.66. The number of H-pyrrole nitrogens is 1. The number of rotatable bonds is 5. The number of amides is 1. The number of carbonyl (C=O) groups is 1. The van der Waals surface area contributed by atoms with Gasteiger partial charge in [-0.25, -0.2) is 5.10 Å². The van der Waals surface area contributed by atoms with Gasteiger partial charge >= 0.3 is 0 Å². The maximum atomic E-state index is 12.0. The van der Waals surface area contributed by atoms with Gasteiger partial charge in [-0.3, -0.25) is 4.79 Å². The minimum absolute atomic E-state index is 0.145. The molecule has 0 spiro atoms. The standard InChI is InChI=1S/C11H10Br3N5O2S/c1-21-9-5(2-4(12)7(13)8(9)14)16-6(20)3-22-11-17-10(15)18-19-11/h2H,3H2,1H3,(H,16,20)(H3,15,17,18,19). The van der Waals surface area contributed by atoms with Crippen LogP contribution in [0.3, 0.4) is 0 Å². The summed E-state index contributed by atoms with van der Waals surface area (Å²) in [5.41, 5.74) is 5.97. The number of nitrogens with one attached hydrogen (secondary N) is 2. The first-order chi connectivity index (χ1) is 10.4. The number of hydrogen-bond donors (Lipinski definition) is 3. The van der Waals surface area contributed by atoms with E-state index in [1.54, 1.807) is 6.07 Å². The minimum Gasteiger partial charge on any atom is -0.493 e. The lowest BCUT2D eigenvalue weighted by atomic mass is 10.3. The number of nitrogens with two attached hydrogens (primary N) is 1. The van der Waals surface area contributed by atoms with Gasteiger partial charge in [-0.15, -0.1) is 5.10 Å². The molecule has 1 heterocycles. The van der Waals surface area contributed by atoms with E-state index in [9.17, 15) is 4.79 Å². The van der Waals surface area contributed by atoms with Crippen LogP contribution in [-0.2, 0) is 4.79 Å². The highest BCUT2D eigenvalue weighted by Gasteiger charge is 2.16. The number of halogens is 3. The molecule has 0 bridgehead atoms. The van der Waals surface area contributed by atoms with Crippen molar-refractivity contribution in [3.63, 3.8) is 0 Å². The van der Waals surface area contributed by atoms with E-state index >= 15 is 0 Å². The highest BCUT2D eigenvalue weighted by atomic mass is 79.9. The van der Waals surface area contributed by atoms with E-state index in [0.29, 0.717) is 21.1 Å². The largest absolute Gasteiger partial charge is 0.493 e. The number of ether oxygens (including phenoxy) is 1. The molecule has 2 rings (SSSR count). The minimum atomic E-state index is -0.215. The number of anilines is 2. The van der Waals surface area contributed by atoms with Crippen molar-refractivity contribution in [2.24, 2.45) is 0 Å². The number of aromatic amines is 1. The van der Waals surface area contributed by atoms with Gasteiger partial charge < -0.3 is 15.8 Å². The van der Waals surface area contributed by atoms with Gasteiger partial charge in [0.15, 0.2) is 5.75 Å². The molecule has 1 amide bonds. The first kappa shape index (κ1) is 17.6. The average Bonchev–Trinajstić information content (AvgIpc) is 2.89. The average molecular weight is 516 g/mol. The molecule has 0 saturated heterocycles. The van der Waals surface area contributed by atoms with Crippen molar-refractivity contribution < 1.29 is 9.53 Å². The SMILES string of the molecule is COc1c(NC(=O)CSc2n[nH]c(N)n2)cc(Br)c(Br)c1Br. The van der Waals surface area contributed by atoms with Crippen LogP contribution in [0, 0.1) is 0 Å². The fourth-order valence-corrected chi connectivity index (χ4v) is 3.69. The van der Waals surface area contributed by atoms with Crippen LogP contribution in [0.1, 0.15) is 0 Å².